The molecule has 0 bridgehead atoms. The Labute approximate surface area is 306 Å². The first-order valence-electron chi connectivity index (χ1n) is 17.5. The fourth-order valence-corrected chi connectivity index (χ4v) is 9.54. The van der Waals surface area contributed by atoms with Crippen molar-refractivity contribution in [2.75, 3.05) is 24.0 Å². The zero-order chi connectivity index (χ0) is 36.5. The normalized spacial score (nSPS) is 26.5. The van der Waals surface area contributed by atoms with Gasteiger partial charge in [-0.3, -0.25) is 24.1 Å². The molecule has 0 radical (unpaired) electrons. The van der Waals surface area contributed by atoms with Gasteiger partial charge in [0.15, 0.2) is 0 Å². The Morgan fingerprint density at radius 3 is 2.23 bits per heavy atom. The van der Waals surface area contributed by atoms with E-state index in [1.165, 1.54) is 30.1 Å². The third-order valence-corrected chi connectivity index (χ3v) is 11.8. The molecule has 2 saturated heterocycles. The number of imide groups is 2. The Morgan fingerprint density at radius 1 is 0.808 bits per heavy atom. The minimum absolute atomic E-state index is 0.126. The zero-order valence-corrected chi connectivity index (χ0v) is 29.7. The van der Waals surface area contributed by atoms with Crippen LogP contribution in [0.1, 0.15) is 42.4 Å². The van der Waals surface area contributed by atoms with E-state index in [0.717, 1.165) is 12.0 Å². The zero-order valence-electron chi connectivity index (χ0n) is 28.9. The lowest BCUT2D eigenvalue weighted by Crippen LogP contribution is -2.53. The molecular weight excluding hydrogens is 680 g/mol. The number of carbonyl (C=O) groups is 4. The number of nitrogens with zero attached hydrogens (tertiary/aromatic N) is 2. The van der Waals surface area contributed by atoms with Gasteiger partial charge in [0.25, 0.3) is 0 Å². The van der Waals surface area contributed by atoms with E-state index in [9.17, 15) is 19.5 Å². The van der Waals surface area contributed by atoms with Crippen LogP contribution in [0.3, 0.4) is 0 Å². The summed E-state index contributed by atoms with van der Waals surface area (Å²) in [5, 5.41) is 12.3. The van der Waals surface area contributed by atoms with Crippen molar-refractivity contribution in [2.24, 2.45) is 23.7 Å². The van der Waals surface area contributed by atoms with Crippen LogP contribution in [0.15, 0.2) is 103 Å². The number of aryl methyl sites for hydroxylation is 1. The van der Waals surface area contributed by atoms with Crippen molar-refractivity contribution in [3.63, 3.8) is 0 Å². The molecule has 0 spiro atoms. The van der Waals surface area contributed by atoms with E-state index in [1.807, 2.05) is 55.5 Å². The van der Waals surface area contributed by atoms with Crippen LogP contribution < -0.4 is 19.3 Å². The number of carbonyl (C=O) groups excluding carboxylic acids is 4. The lowest BCUT2D eigenvalue weighted by molar-refractivity contribution is -0.127. The van der Waals surface area contributed by atoms with E-state index >= 15 is 4.79 Å². The van der Waals surface area contributed by atoms with E-state index in [2.05, 4.69) is 0 Å². The molecule has 52 heavy (non-hydrogen) atoms. The molecule has 9 nitrogen and oxygen atoms in total. The highest BCUT2D eigenvalue weighted by Crippen LogP contribution is 2.66. The van der Waals surface area contributed by atoms with Crippen LogP contribution >= 0.6 is 11.6 Å². The number of anilines is 2. The van der Waals surface area contributed by atoms with Crippen LogP contribution in [-0.4, -0.2) is 43.0 Å². The number of methoxy groups -OCH3 is 2. The van der Waals surface area contributed by atoms with Gasteiger partial charge in [0.1, 0.15) is 17.2 Å². The predicted molar refractivity (Wildman–Crippen MR) is 196 cm³/mol. The summed E-state index contributed by atoms with van der Waals surface area (Å²) in [4.78, 5) is 61.6. The van der Waals surface area contributed by atoms with E-state index < -0.39 is 46.8 Å². The van der Waals surface area contributed by atoms with E-state index in [4.69, 9.17) is 21.1 Å². The number of halogens is 1. The molecule has 4 amide bonds. The van der Waals surface area contributed by atoms with Gasteiger partial charge < -0.3 is 14.6 Å². The van der Waals surface area contributed by atoms with Crippen molar-refractivity contribution in [3.8, 4) is 17.2 Å². The van der Waals surface area contributed by atoms with Crippen LogP contribution in [0, 0.1) is 23.7 Å². The van der Waals surface area contributed by atoms with Crippen LogP contribution in [0.5, 0.6) is 17.2 Å². The van der Waals surface area contributed by atoms with Crippen molar-refractivity contribution in [2.45, 2.75) is 37.5 Å². The quantitative estimate of drug-likeness (QED) is 0.162. The van der Waals surface area contributed by atoms with Gasteiger partial charge in [-0.1, -0.05) is 78.7 Å². The number of aromatic hydroxyl groups is 1. The van der Waals surface area contributed by atoms with Gasteiger partial charge in [0, 0.05) is 28.6 Å². The lowest BCUT2D eigenvalue weighted by Gasteiger charge is -2.51. The second kappa shape index (κ2) is 12.7. The second-order valence-electron chi connectivity index (χ2n) is 13.9. The summed E-state index contributed by atoms with van der Waals surface area (Å²) in [6.07, 6.45) is 3.14. The maximum absolute atomic E-state index is 15.5. The maximum Gasteiger partial charge on any atom is 0.246 e. The molecule has 4 aliphatic rings. The van der Waals surface area contributed by atoms with Crippen LogP contribution in [0.2, 0.25) is 5.02 Å². The number of phenolic OH excluding ortho intramolecular Hbond substituents is 1. The second-order valence-corrected chi connectivity index (χ2v) is 14.3. The van der Waals surface area contributed by atoms with Gasteiger partial charge in [0.2, 0.25) is 23.6 Å². The van der Waals surface area contributed by atoms with E-state index in [-0.39, 0.29) is 36.2 Å². The SMILES string of the molecule is CCc1ccc(N2C(=O)[C@H]3[C@H](CC=C4[C@H]3C[C@H]3C(=O)N(c5cccc(Cl)c5)C(=O)[C@@]3(c3ccccc3)[C@H]4c3c(O)cc(OC)cc3OC)C2=O)cc1. The summed E-state index contributed by atoms with van der Waals surface area (Å²) in [7, 11) is 2.94. The van der Waals surface area contributed by atoms with Crippen LogP contribution in [-0.2, 0) is 31.0 Å². The molecule has 1 N–H and O–H groups in total. The largest absolute Gasteiger partial charge is 0.507 e. The number of fused-ring (bicyclic) bond motifs is 4. The van der Waals surface area contributed by atoms with Gasteiger partial charge in [-0.25, -0.2) is 4.90 Å². The van der Waals surface area contributed by atoms with Crippen LogP contribution in [0.25, 0.3) is 0 Å². The first kappa shape index (κ1) is 33.7. The smallest absolute Gasteiger partial charge is 0.246 e. The number of amides is 4. The first-order valence-corrected chi connectivity index (χ1v) is 17.8. The third-order valence-electron chi connectivity index (χ3n) is 11.6. The summed E-state index contributed by atoms with van der Waals surface area (Å²) < 4.78 is 11.4. The topological polar surface area (TPSA) is 113 Å². The molecule has 1 saturated carbocycles. The van der Waals surface area contributed by atoms with Crippen LogP contribution in [0.4, 0.5) is 11.4 Å². The minimum atomic E-state index is -1.57. The Kier molecular flexibility index (Phi) is 8.21. The number of hydrogen-bond donors (Lipinski definition) is 1. The first-order chi connectivity index (χ1) is 25.1. The fraction of sp³-hybridized carbons (Fsp3) is 0.286. The number of allylic oxidation sites excluding steroid dienone is 2. The molecule has 0 aromatic heterocycles. The molecular formula is C42H37ClN2O7. The highest BCUT2D eigenvalue weighted by atomic mass is 35.5. The van der Waals surface area contributed by atoms with Gasteiger partial charge in [-0.15, -0.1) is 0 Å². The highest BCUT2D eigenvalue weighted by molar-refractivity contribution is 6.32. The highest BCUT2D eigenvalue weighted by Gasteiger charge is 2.71. The molecule has 6 atom stereocenters. The van der Waals surface area contributed by atoms with Gasteiger partial charge >= 0.3 is 0 Å². The number of benzene rings is 4. The van der Waals surface area contributed by atoms with Gasteiger partial charge in [-0.05, 0) is 66.6 Å². The Morgan fingerprint density at radius 2 is 1.56 bits per heavy atom. The van der Waals surface area contributed by atoms with Crippen molar-refractivity contribution < 1.29 is 33.8 Å². The molecule has 0 unspecified atom stereocenters. The summed E-state index contributed by atoms with van der Waals surface area (Å²) in [6, 6.07) is 26.3. The van der Waals surface area contributed by atoms with Crippen molar-refractivity contribution >= 4 is 46.6 Å². The summed E-state index contributed by atoms with van der Waals surface area (Å²) in [5.74, 6) is -5.15. The standard InChI is InChI=1S/C42H37ClN2O7/c1-4-23-13-15-26(16-14-23)44-38(47)30-18-17-29-31(35(30)40(44)49)22-32-39(48)45(27-12-8-11-25(43)19-27)41(50)42(32,24-9-6-5-7-10-24)37(29)36-33(46)20-28(51-2)21-34(36)52-3/h5-17,19-21,30-32,35,37,46H,4,18,22H2,1-3H3/t30-,31+,32-,35-,37+,42+/m0/s1. The lowest BCUT2D eigenvalue weighted by atomic mass is 9.49. The average molecular weight is 717 g/mol. The van der Waals surface area contributed by atoms with Crippen molar-refractivity contribution in [3.05, 3.63) is 124 Å². The molecule has 4 aromatic rings. The predicted octanol–water partition coefficient (Wildman–Crippen LogP) is 6.99. The number of ether oxygens (including phenoxy) is 2. The molecule has 264 valence electrons. The molecule has 10 heteroatoms. The van der Waals surface area contributed by atoms with Crippen molar-refractivity contribution in [1.29, 1.82) is 0 Å². The third kappa shape index (κ3) is 4.75. The molecule has 2 aliphatic carbocycles. The molecule has 8 rings (SSSR count). The molecule has 4 aromatic carbocycles. The number of rotatable bonds is 7. The Bertz CT molecular complexity index is 2170. The number of hydrogen-bond acceptors (Lipinski definition) is 7. The average Bonchev–Trinajstić information content (AvgIpc) is 3.55. The van der Waals surface area contributed by atoms with Gasteiger partial charge in [0.05, 0.1) is 48.8 Å². The summed E-state index contributed by atoms with van der Waals surface area (Å²) in [5.41, 5.74) is 1.92. The minimum Gasteiger partial charge on any atom is -0.507 e. The molecule has 2 aliphatic heterocycles. The Hall–Kier alpha value is -5.41. The molecule has 2 heterocycles. The Balaban J connectivity index is 1.37. The summed E-state index contributed by atoms with van der Waals surface area (Å²) >= 11 is 6.41. The van der Waals surface area contributed by atoms with E-state index in [0.29, 0.717) is 38.8 Å². The maximum atomic E-state index is 15.5. The fourth-order valence-electron chi connectivity index (χ4n) is 9.36. The van der Waals surface area contributed by atoms with Crippen molar-refractivity contribution in [1.82, 2.24) is 0 Å². The number of phenols is 1. The van der Waals surface area contributed by atoms with E-state index in [1.54, 1.807) is 42.5 Å². The van der Waals surface area contributed by atoms with Gasteiger partial charge in [-0.2, -0.15) is 0 Å². The summed E-state index contributed by atoms with van der Waals surface area (Å²) in [6.45, 7) is 2.04. The monoisotopic (exact) mass is 716 g/mol. The molecule has 3 fully saturated rings.